The Morgan fingerprint density at radius 2 is 2.25 bits per heavy atom. The molecule has 0 bridgehead atoms. The minimum atomic E-state index is -0.283. The van der Waals surface area contributed by atoms with Gasteiger partial charge in [-0.3, -0.25) is 0 Å². The first-order valence-corrected chi connectivity index (χ1v) is 8.97. The van der Waals surface area contributed by atoms with Gasteiger partial charge in [-0.2, -0.15) is 0 Å². The van der Waals surface area contributed by atoms with Crippen LogP contribution >= 0.6 is 0 Å². The van der Waals surface area contributed by atoms with Crippen LogP contribution in [0, 0.1) is 5.92 Å². The number of aryl methyl sites for hydroxylation is 1. The molecule has 2 amide bonds. The Morgan fingerprint density at radius 1 is 1.38 bits per heavy atom. The Hall–Kier alpha value is -1.53. The smallest absolute Gasteiger partial charge is 0.315 e. The van der Waals surface area contributed by atoms with Crippen LogP contribution in [0.3, 0.4) is 0 Å². The summed E-state index contributed by atoms with van der Waals surface area (Å²) in [6, 6.07) is 3.60. The molecular weight excluding hydrogens is 308 g/mol. The average Bonchev–Trinajstić information content (AvgIpc) is 3.24. The molecule has 1 aliphatic heterocycles. The van der Waals surface area contributed by atoms with Gasteiger partial charge >= 0.3 is 6.03 Å². The highest BCUT2D eigenvalue weighted by Gasteiger charge is 2.38. The standard InChI is InChI=1S/C18H28N2O4/c1-3-12-7-8-17(24-12)15(11-22-2)20-18(21)19-14-5-4-6-16-13(14)9-10-23-16/h7-8,13-16H,3-6,9-11H2,1-2H3,(H2,19,20,21)/t13-,14+,15-,16-/m0/s1. The van der Waals surface area contributed by atoms with Gasteiger partial charge in [0.1, 0.15) is 17.6 Å². The molecule has 1 saturated carbocycles. The lowest BCUT2D eigenvalue weighted by Crippen LogP contribution is -2.50. The number of urea groups is 1. The van der Waals surface area contributed by atoms with Gasteiger partial charge in [-0.15, -0.1) is 0 Å². The molecule has 0 aromatic carbocycles. The van der Waals surface area contributed by atoms with E-state index in [1.54, 1.807) is 7.11 Å². The van der Waals surface area contributed by atoms with Gasteiger partial charge < -0.3 is 24.5 Å². The van der Waals surface area contributed by atoms with E-state index < -0.39 is 0 Å². The van der Waals surface area contributed by atoms with Gasteiger partial charge in [0, 0.05) is 32.1 Å². The maximum Gasteiger partial charge on any atom is 0.315 e. The monoisotopic (exact) mass is 336 g/mol. The molecule has 2 aliphatic rings. The van der Waals surface area contributed by atoms with Crippen molar-refractivity contribution >= 4 is 6.03 Å². The molecule has 6 heteroatoms. The summed E-state index contributed by atoms with van der Waals surface area (Å²) in [4.78, 5) is 12.5. The highest BCUT2D eigenvalue weighted by molar-refractivity contribution is 5.74. The van der Waals surface area contributed by atoms with Crippen LogP contribution in [-0.2, 0) is 15.9 Å². The van der Waals surface area contributed by atoms with Crippen molar-refractivity contribution in [3.63, 3.8) is 0 Å². The fourth-order valence-corrected chi connectivity index (χ4v) is 3.86. The summed E-state index contributed by atoms with van der Waals surface area (Å²) in [7, 11) is 1.62. The lowest BCUT2D eigenvalue weighted by molar-refractivity contribution is 0.0547. The Kier molecular flexibility index (Phi) is 5.79. The van der Waals surface area contributed by atoms with Crippen LogP contribution in [0.5, 0.6) is 0 Å². The van der Waals surface area contributed by atoms with E-state index in [1.165, 1.54) is 0 Å². The summed E-state index contributed by atoms with van der Waals surface area (Å²) < 4.78 is 16.8. The van der Waals surface area contributed by atoms with Crippen molar-refractivity contribution < 1.29 is 18.7 Å². The Balaban J connectivity index is 1.58. The number of fused-ring (bicyclic) bond motifs is 1. The first-order chi connectivity index (χ1) is 11.7. The Morgan fingerprint density at radius 3 is 3.00 bits per heavy atom. The second-order valence-corrected chi connectivity index (χ2v) is 6.68. The predicted octanol–water partition coefficient (Wildman–Crippen LogP) is 2.79. The zero-order valence-electron chi connectivity index (χ0n) is 14.5. The Bertz CT molecular complexity index is 545. The number of ether oxygens (including phenoxy) is 2. The van der Waals surface area contributed by atoms with E-state index in [2.05, 4.69) is 10.6 Å². The molecule has 2 N–H and O–H groups in total. The predicted molar refractivity (Wildman–Crippen MR) is 89.9 cm³/mol. The van der Waals surface area contributed by atoms with E-state index >= 15 is 0 Å². The normalized spacial score (nSPS) is 27.5. The second kappa shape index (κ2) is 8.03. The van der Waals surface area contributed by atoms with E-state index in [0.717, 1.165) is 50.2 Å². The van der Waals surface area contributed by atoms with Crippen LogP contribution < -0.4 is 10.6 Å². The number of carbonyl (C=O) groups is 1. The van der Waals surface area contributed by atoms with Crippen LogP contribution in [0.4, 0.5) is 4.79 Å². The lowest BCUT2D eigenvalue weighted by Gasteiger charge is -2.33. The molecule has 3 rings (SSSR count). The third-order valence-corrected chi connectivity index (χ3v) is 5.11. The topological polar surface area (TPSA) is 72.7 Å². The lowest BCUT2D eigenvalue weighted by atomic mass is 9.82. The first kappa shape index (κ1) is 17.3. The molecule has 2 fully saturated rings. The maximum atomic E-state index is 12.5. The number of methoxy groups -OCH3 is 1. The van der Waals surface area contributed by atoms with E-state index in [4.69, 9.17) is 13.9 Å². The highest BCUT2D eigenvalue weighted by Crippen LogP contribution is 2.34. The molecule has 1 saturated heterocycles. The second-order valence-electron chi connectivity index (χ2n) is 6.68. The first-order valence-electron chi connectivity index (χ1n) is 8.97. The minimum Gasteiger partial charge on any atom is -0.464 e. The van der Waals surface area contributed by atoms with Crippen LogP contribution in [0.2, 0.25) is 0 Å². The van der Waals surface area contributed by atoms with Crippen LogP contribution in [-0.4, -0.2) is 38.5 Å². The number of rotatable bonds is 6. The number of furan rings is 1. The highest BCUT2D eigenvalue weighted by atomic mass is 16.5. The zero-order valence-corrected chi connectivity index (χ0v) is 14.5. The van der Waals surface area contributed by atoms with Crippen LogP contribution in [0.25, 0.3) is 0 Å². The SMILES string of the molecule is CCc1ccc([C@H](COC)NC(=O)N[C@@H]2CCC[C@@H]3OCC[C@H]32)o1. The maximum absolute atomic E-state index is 12.5. The molecule has 1 aliphatic carbocycles. The van der Waals surface area contributed by atoms with Gasteiger partial charge in [-0.1, -0.05) is 6.92 Å². The van der Waals surface area contributed by atoms with Gasteiger partial charge in [0.2, 0.25) is 0 Å². The van der Waals surface area contributed by atoms with Gasteiger partial charge in [-0.05, 0) is 37.8 Å². The molecule has 2 heterocycles. The number of hydrogen-bond acceptors (Lipinski definition) is 4. The van der Waals surface area contributed by atoms with Gasteiger partial charge in [0.15, 0.2) is 0 Å². The van der Waals surface area contributed by atoms with Crippen molar-refractivity contribution in [1.29, 1.82) is 0 Å². The molecule has 1 aromatic rings. The molecule has 24 heavy (non-hydrogen) atoms. The summed E-state index contributed by atoms with van der Waals surface area (Å²) in [5, 5.41) is 6.13. The van der Waals surface area contributed by atoms with Crippen molar-refractivity contribution in [2.24, 2.45) is 5.92 Å². The molecule has 0 unspecified atom stereocenters. The van der Waals surface area contributed by atoms with Crippen LogP contribution in [0.1, 0.15) is 50.2 Å². The van der Waals surface area contributed by atoms with Gasteiger partial charge in [0.25, 0.3) is 0 Å². The largest absolute Gasteiger partial charge is 0.464 e. The summed E-state index contributed by atoms with van der Waals surface area (Å²) in [5.74, 6) is 2.08. The number of amides is 2. The number of hydrogen-bond donors (Lipinski definition) is 2. The fraction of sp³-hybridized carbons (Fsp3) is 0.722. The third kappa shape index (κ3) is 3.92. The quantitative estimate of drug-likeness (QED) is 0.838. The summed E-state index contributed by atoms with van der Waals surface area (Å²) >= 11 is 0. The van der Waals surface area contributed by atoms with E-state index in [9.17, 15) is 4.79 Å². The van der Waals surface area contributed by atoms with Crippen molar-refractivity contribution in [3.8, 4) is 0 Å². The number of nitrogens with one attached hydrogen (secondary N) is 2. The molecule has 0 spiro atoms. The molecule has 134 valence electrons. The van der Waals surface area contributed by atoms with Crippen molar-refractivity contribution in [2.45, 2.75) is 57.2 Å². The summed E-state index contributed by atoms with van der Waals surface area (Å²) in [6.45, 7) is 3.23. The zero-order chi connectivity index (χ0) is 16.9. The van der Waals surface area contributed by atoms with E-state index in [1.807, 2.05) is 19.1 Å². The fourth-order valence-electron chi connectivity index (χ4n) is 3.86. The van der Waals surface area contributed by atoms with Crippen molar-refractivity contribution in [1.82, 2.24) is 10.6 Å². The Labute approximate surface area is 143 Å². The van der Waals surface area contributed by atoms with E-state index in [-0.39, 0.29) is 18.1 Å². The molecule has 1 aromatic heterocycles. The molecule has 6 nitrogen and oxygen atoms in total. The molecular formula is C18H28N2O4. The average molecular weight is 336 g/mol. The minimum absolute atomic E-state index is 0.163. The van der Waals surface area contributed by atoms with Crippen molar-refractivity contribution in [2.75, 3.05) is 20.3 Å². The summed E-state index contributed by atoms with van der Waals surface area (Å²) in [6.07, 6.45) is 5.42. The number of carbonyl (C=O) groups excluding carboxylic acids is 1. The summed E-state index contributed by atoms with van der Waals surface area (Å²) in [5.41, 5.74) is 0. The van der Waals surface area contributed by atoms with Crippen molar-refractivity contribution in [3.05, 3.63) is 23.7 Å². The van der Waals surface area contributed by atoms with Crippen LogP contribution in [0.15, 0.2) is 16.5 Å². The third-order valence-electron chi connectivity index (χ3n) is 5.11. The van der Waals surface area contributed by atoms with Gasteiger partial charge in [0.05, 0.1) is 12.7 Å². The van der Waals surface area contributed by atoms with E-state index in [0.29, 0.717) is 18.6 Å². The van der Waals surface area contributed by atoms with Gasteiger partial charge in [-0.25, -0.2) is 4.79 Å². The molecule has 0 radical (unpaired) electrons. The molecule has 4 atom stereocenters.